The Kier molecular flexibility index (Phi) is 3.16. The van der Waals surface area contributed by atoms with Crippen molar-refractivity contribution in [1.82, 2.24) is 20.5 Å². The first-order valence-electron chi connectivity index (χ1n) is 6.39. The fourth-order valence-corrected chi connectivity index (χ4v) is 2.15. The molecule has 1 unspecified atom stereocenters. The molecule has 0 aliphatic carbocycles. The number of aromatic amines is 1. The third-order valence-electron chi connectivity index (χ3n) is 3.26. The number of fused-ring (bicyclic) bond motifs is 1. The van der Waals surface area contributed by atoms with Gasteiger partial charge >= 0.3 is 0 Å². The molecule has 1 amide bonds. The summed E-state index contributed by atoms with van der Waals surface area (Å²) in [4.78, 5) is 16.6. The van der Waals surface area contributed by atoms with Gasteiger partial charge in [-0.3, -0.25) is 14.9 Å². The van der Waals surface area contributed by atoms with E-state index in [-0.39, 0.29) is 11.9 Å². The van der Waals surface area contributed by atoms with Crippen molar-refractivity contribution in [3.05, 3.63) is 60.2 Å². The molecule has 0 radical (unpaired) electrons. The molecular weight excluding hydrogens is 252 g/mol. The van der Waals surface area contributed by atoms with Gasteiger partial charge in [0.2, 0.25) is 0 Å². The number of hydrogen-bond acceptors (Lipinski definition) is 3. The molecule has 3 aromatic rings. The molecule has 1 atom stereocenters. The lowest BCUT2D eigenvalue weighted by Gasteiger charge is -2.12. The molecule has 1 aromatic carbocycles. The minimum atomic E-state index is -0.185. The topological polar surface area (TPSA) is 70.7 Å². The van der Waals surface area contributed by atoms with Crippen molar-refractivity contribution in [2.75, 3.05) is 0 Å². The quantitative estimate of drug-likeness (QED) is 0.765. The number of amides is 1. The molecule has 0 fully saturated rings. The molecule has 0 saturated carbocycles. The van der Waals surface area contributed by atoms with E-state index >= 15 is 0 Å². The SMILES string of the molecule is CC(NC(=O)c1nccc2ccccc12)c1cn[nH]c1. The van der Waals surface area contributed by atoms with Gasteiger partial charge in [-0.05, 0) is 18.4 Å². The van der Waals surface area contributed by atoms with E-state index < -0.39 is 0 Å². The van der Waals surface area contributed by atoms with Crippen molar-refractivity contribution in [3.8, 4) is 0 Å². The van der Waals surface area contributed by atoms with Gasteiger partial charge in [-0.25, -0.2) is 0 Å². The molecule has 0 spiro atoms. The normalized spacial score (nSPS) is 12.2. The standard InChI is InChI=1S/C15H14N4O/c1-10(12-8-17-18-9-12)19-15(20)14-13-5-3-2-4-11(13)6-7-16-14/h2-10H,1H3,(H,17,18)(H,19,20). The number of carbonyl (C=O) groups excluding carboxylic acids is 1. The Morgan fingerprint density at radius 3 is 2.95 bits per heavy atom. The molecular formula is C15H14N4O. The molecule has 0 aliphatic rings. The summed E-state index contributed by atoms with van der Waals surface area (Å²) in [7, 11) is 0. The molecule has 5 heteroatoms. The average Bonchev–Trinajstić information content (AvgIpc) is 3.01. The van der Waals surface area contributed by atoms with Crippen LogP contribution in [0.4, 0.5) is 0 Å². The van der Waals surface area contributed by atoms with Crippen molar-refractivity contribution < 1.29 is 4.79 Å². The van der Waals surface area contributed by atoms with E-state index in [4.69, 9.17) is 0 Å². The molecule has 2 heterocycles. The summed E-state index contributed by atoms with van der Waals surface area (Å²) in [5, 5.41) is 11.4. The van der Waals surface area contributed by atoms with E-state index in [2.05, 4.69) is 20.5 Å². The average molecular weight is 266 g/mol. The second-order valence-corrected chi connectivity index (χ2v) is 4.61. The molecule has 100 valence electrons. The van der Waals surface area contributed by atoms with Crippen LogP contribution >= 0.6 is 0 Å². The summed E-state index contributed by atoms with van der Waals surface area (Å²) < 4.78 is 0. The largest absolute Gasteiger partial charge is 0.344 e. The summed E-state index contributed by atoms with van der Waals surface area (Å²) >= 11 is 0. The first-order valence-corrected chi connectivity index (χ1v) is 6.39. The van der Waals surface area contributed by atoms with E-state index in [0.29, 0.717) is 5.69 Å². The second kappa shape index (κ2) is 5.13. The second-order valence-electron chi connectivity index (χ2n) is 4.61. The van der Waals surface area contributed by atoms with Crippen molar-refractivity contribution >= 4 is 16.7 Å². The van der Waals surface area contributed by atoms with Gasteiger partial charge < -0.3 is 5.32 Å². The zero-order valence-corrected chi connectivity index (χ0v) is 11.0. The molecule has 0 aliphatic heterocycles. The third kappa shape index (κ3) is 2.25. The number of pyridine rings is 1. The molecule has 0 bridgehead atoms. The number of nitrogens with zero attached hydrogens (tertiary/aromatic N) is 2. The highest BCUT2D eigenvalue weighted by atomic mass is 16.1. The number of carbonyl (C=O) groups is 1. The fraction of sp³-hybridized carbons (Fsp3) is 0.133. The van der Waals surface area contributed by atoms with Gasteiger partial charge in [0.25, 0.3) is 5.91 Å². The Bertz CT molecular complexity index is 731. The Labute approximate surface area is 116 Å². The maximum atomic E-state index is 12.4. The van der Waals surface area contributed by atoms with Crippen LogP contribution in [0.25, 0.3) is 10.8 Å². The van der Waals surface area contributed by atoms with Crippen LogP contribution < -0.4 is 5.32 Å². The van der Waals surface area contributed by atoms with Gasteiger partial charge in [0.15, 0.2) is 0 Å². The summed E-state index contributed by atoms with van der Waals surface area (Å²) in [6.45, 7) is 1.91. The summed E-state index contributed by atoms with van der Waals surface area (Å²) in [5.41, 5.74) is 1.37. The van der Waals surface area contributed by atoms with Crippen molar-refractivity contribution in [3.63, 3.8) is 0 Å². The van der Waals surface area contributed by atoms with Gasteiger partial charge in [-0.15, -0.1) is 0 Å². The fourth-order valence-electron chi connectivity index (χ4n) is 2.15. The lowest BCUT2D eigenvalue weighted by Crippen LogP contribution is -2.27. The Hall–Kier alpha value is -2.69. The summed E-state index contributed by atoms with van der Waals surface area (Å²) in [5.74, 6) is -0.185. The maximum absolute atomic E-state index is 12.4. The van der Waals surface area contributed by atoms with Crippen molar-refractivity contribution in [1.29, 1.82) is 0 Å². The highest BCUT2D eigenvalue weighted by Crippen LogP contribution is 2.17. The van der Waals surface area contributed by atoms with Crippen LogP contribution in [0.15, 0.2) is 48.9 Å². The Morgan fingerprint density at radius 1 is 1.30 bits per heavy atom. The van der Waals surface area contributed by atoms with E-state index in [1.165, 1.54) is 0 Å². The van der Waals surface area contributed by atoms with Gasteiger partial charge in [0.05, 0.1) is 12.2 Å². The highest BCUT2D eigenvalue weighted by molar-refractivity contribution is 6.05. The zero-order chi connectivity index (χ0) is 13.9. The Morgan fingerprint density at radius 2 is 2.15 bits per heavy atom. The lowest BCUT2D eigenvalue weighted by atomic mass is 10.1. The van der Waals surface area contributed by atoms with Crippen LogP contribution in [0, 0.1) is 0 Å². The highest BCUT2D eigenvalue weighted by Gasteiger charge is 2.15. The molecule has 3 rings (SSSR count). The number of hydrogen-bond donors (Lipinski definition) is 2. The van der Waals surface area contributed by atoms with E-state index in [1.54, 1.807) is 18.6 Å². The number of benzene rings is 1. The predicted octanol–water partition coefficient (Wildman–Crippen LogP) is 2.45. The third-order valence-corrected chi connectivity index (χ3v) is 3.26. The molecule has 0 saturated heterocycles. The number of aromatic nitrogens is 3. The van der Waals surface area contributed by atoms with Crippen LogP contribution in [0.1, 0.15) is 29.0 Å². The van der Waals surface area contributed by atoms with Crippen molar-refractivity contribution in [2.45, 2.75) is 13.0 Å². The van der Waals surface area contributed by atoms with Crippen LogP contribution in [0.2, 0.25) is 0 Å². The first-order chi connectivity index (χ1) is 9.75. The predicted molar refractivity (Wildman–Crippen MR) is 76.2 cm³/mol. The van der Waals surface area contributed by atoms with Crippen molar-refractivity contribution in [2.24, 2.45) is 0 Å². The lowest BCUT2D eigenvalue weighted by molar-refractivity contribution is 0.0937. The van der Waals surface area contributed by atoms with Crippen LogP contribution in [0.3, 0.4) is 0 Å². The smallest absolute Gasteiger partial charge is 0.270 e. The van der Waals surface area contributed by atoms with Gasteiger partial charge in [0, 0.05) is 23.3 Å². The molecule has 5 nitrogen and oxygen atoms in total. The minimum absolute atomic E-state index is 0.123. The number of rotatable bonds is 3. The van der Waals surface area contributed by atoms with Gasteiger partial charge in [-0.1, -0.05) is 24.3 Å². The van der Waals surface area contributed by atoms with E-state index in [9.17, 15) is 4.79 Å². The van der Waals surface area contributed by atoms with Crippen LogP contribution in [-0.2, 0) is 0 Å². The molecule has 20 heavy (non-hydrogen) atoms. The van der Waals surface area contributed by atoms with E-state index in [0.717, 1.165) is 16.3 Å². The van der Waals surface area contributed by atoms with Crippen LogP contribution in [0.5, 0.6) is 0 Å². The van der Waals surface area contributed by atoms with E-state index in [1.807, 2.05) is 37.3 Å². The summed E-state index contributed by atoms with van der Waals surface area (Å²) in [6, 6.07) is 9.49. The maximum Gasteiger partial charge on any atom is 0.270 e. The summed E-state index contributed by atoms with van der Waals surface area (Å²) in [6.07, 6.45) is 5.11. The van der Waals surface area contributed by atoms with Crippen LogP contribution in [-0.4, -0.2) is 21.1 Å². The molecule has 2 aromatic heterocycles. The number of H-pyrrole nitrogens is 1. The minimum Gasteiger partial charge on any atom is -0.344 e. The van der Waals surface area contributed by atoms with Gasteiger partial charge in [-0.2, -0.15) is 5.10 Å². The number of nitrogens with one attached hydrogen (secondary N) is 2. The molecule has 2 N–H and O–H groups in total. The Balaban J connectivity index is 1.89. The zero-order valence-electron chi connectivity index (χ0n) is 11.0. The monoisotopic (exact) mass is 266 g/mol. The first kappa shape index (κ1) is 12.3. The van der Waals surface area contributed by atoms with Gasteiger partial charge in [0.1, 0.15) is 5.69 Å².